The number of phenolic OH excluding ortho intramolecular Hbond substituents is 1. The summed E-state index contributed by atoms with van der Waals surface area (Å²) in [5.74, 6) is -2.32. The summed E-state index contributed by atoms with van der Waals surface area (Å²) in [5, 5.41) is 13.0. The monoisotopic (exact) mass is 243 g/mol. The number of aromatic hydroxyl groups is 1. The molecule has 5 heteroatoms. The van der Waals surface area contributed by atoms with E-state index in [1.165, 1.54) is 7.11 Å². The van der Waals surface area contributed by atoms with Crippen LogP contribution in [0.2, 0.25) is 0 Å². The van der Waals surface area contributed by atoms with Crippen LogP contribution in [-0.4, -0.2) is 24.8 Å². The van der Waals surface area contributed by atoms with E-state index >= 15 is 0 Å². The van der Waals surface area contributed by atoms with Crippen LogP contribution in [0.5, 0.6) is 11.5 Å². The standard InChI is InChI=1S/C12H15F2NO2/c1-17-10-6-9(13)11(14)8(12(10)16)5-7-3-2-4-15-7/h6-7,15-16H,2-5H2,1H3. The summed E-state index contributed by atoms with van der Waals surface area (Å²) in [7, 11) is 1.31. The van der Waals surface area contributed by atoms with Gasteiger partial charge in [0.2, 0.25) is 0 Å². The molecule has 94 valence electrons. The minimum atomic E-state index is -0.993. The first-order chi connectivity index (χ1) is 8.13. The molecule has 1 saturated heterocycles. The summed E-state index contributed by atoms with van der Waals surface area (Å²) < 4.78 is 31.7. The average molecular weight is 243 g/mol. The van der Waals surface area contributed by atoms with Crippen LogP contribution in [0.3, 0.4) is 0 Å². The van der Waals surface area contributed by atoms with Crippen molar-refractivity contribution < 1.29 is 18.6 Å². The second kappa shape index (κ2) is 4.87. The number of rotatable bonds is 3. The molecule has 1 unspecified atom stereocenters. The van der Waals surface area contributed by atoms with Crippen molar-refractivity contribution in [1.82, 2.24) is 5.32 Å². The van der Waals surface area contributed by atoms with Gasteiger partial charge in [-0.3, -0.25) is 0 Å². The smallest absolute Gasteiger partial charge is 0.166 e. The quantitative estimate of drug-likeness (QED) is 0.852. The Morgan fingerprint density at radius 3 is 2.88 bits per heavy atom. The van der Waals surface area contributed by atoms with Gasteiger partial charge in [0.25, 0.3) is 0 Å². The SMILES string of the molecule is COc1cc(F)c(F)c(CC2CCCN2)c1O. The van der Waals surface area contributed by atoms with Crippen LogP contribution in [0.25, 0.3) is 0 Å². The predicted octanol–water partition coefficient (Wildman–Crippen LogP) is 1.97. The molecule has 2 N–H and O–H groups in total. The minimum absolute atomic E-state index is 0.0127. The number of nitrogens with one attached hydrogen (secondary N) is 1. The van der Waals surface area contributed by atoms with Gasteiger partial charge in [0.1, 0.15) is 0 Å². The van der Waals surface area contributed by atoms with Crippen LogP contribution in [0.1, 0.15) is 18.4 Å². The third-order valence-electron chi connectivity index (χ3n) is 3.08. The van der Waals surface area contributed by atoms with Crippen molar-refractivity contribution in [2.75, 3.05) is 13.7 Å². The third-order valence-corrected chi connectivity index (χ3v) is 3.08. The molecule has 0 saturated carbocycles. The van der Waals surface area contributed by atoms with Crippen molar-refractivity contribution in [2.45, 2.75) is 25.3 Å². The first-order valence-corrected chi connectivity index (χ1v) is 5.60. The molecule has 2 rings (SSSR count). The van der Waals surface area contributed by atoms with E-state index in [0.717, 1.165) is 25.5 Å². The normalized spacial score (nSPS) is 19.6. The Balaban J connectivity index is 2.33. The maximum atomic E-state index is 13.6. The second-order valence-corrected chi connectivity index (χ2v) is 4.20. The summed E-state index contributed by atoms with van der Waals surface area (Å²) in [6.07, 6.45) is 2.18. The van der Waals surface area contributed by atoms with E-state index in [1.54, 1.807) is 0 Å². The minimum Gasteiger partial charge on any atom is -0.504 e. The van der Waals surface area contributed by atoms with Crippen molar-refractivity contribution in [1.29, 1.82) is 0 Å². The maximum absolute atomic E-state index is 13.6. The Hall–Kier alpha value is -1.36. The molecule has 17 heavy (non-hydrogen) atoms. The molecule has 0 radical (unpaired) electrons. The van der Waals surface area contributed by atoms with Gasteiger partial charge >= 0.3 is 0 Å². The van der Waals surface area contributed by atoms with E-state index in [0.29, 0.717) is 0 Å². The van der Waals surface area contributed by atoms with Crippen molar-refractivity contribution >= 4 is 0 Å². The molecule has 0 bridgehead atoms. The van der Waals surface area contributed by atoms with Crippen LogP contribution in [-0.2, 0) is 6.42 Å². The number of hydrogen-bond acceptors (Lipinski definition) is 3. The number of halogens is 2. The Kier molecular flexibility index (Phi) is 3.47. The van der Waals surface area contributed by atoms with Crippen molar-refractivity contribution in [3.63, 3.8) is 0 Å². The molecule has 0 amide bonds. The van der Waals surface area contributed by atoms with E-state index in [4.69, 9.17) is 4.74 Å². The number of phenols is 1. The van der Waals surface area contributed by atoms with Gasteiger partial charge in [0.05, 0.1) is 7.11 Å². The van der Waals surface area contributed by atoms with E-state index in [2.05, 4.69) is 5.32 Å². The van der Waals surface area contributed by atoms with Gasteiger partial charge in [-0.1, -0.05) is 0 Å². The molecule has 3 nitrogen and oxygen atoms in total. The zero-order valence-corrected chi connectivity index (χ0v) is 9.59. The number of methoxy groups -OCH3 is 1. The number of benzene rings is 1. The van der Waals surface area contributed by atoms with Gasteiger partial charge in [-0.05, 0) is 25.8 Å². The van der Waals surface area contributed by atoms with Gasteiger partial charge in [-0.15, -0.1) is 0 Å². The summed E-state index contributed by atoms with van der Waals surface area (Å²) in [6, 6.07) is 0.942. The van der Waals surface area contributed by atoms with Crippen LogP contribution in [0, 0.1) is 11.6 Å². The Morgan fingerprint density at radius 1 is 1.53 bits per heavy atom. The first kappa shape index (κ1) is 12.1. The highest BCUT2D eigenvalue weighted by Gasteiger charge is 2.23. The van der Waals surface area contributed by atoms with E-state index < -0.39 is 11.6 Å². The molecule has 0 aromatic heterocycles. The zero-order chi connectivity index (χ0) is 12.4. The summed E-state index contributed by atoms with van der Waals surface area (Å²) >= 11 is 0. The molecule has 0 spiro atoms. The first-order valence-electron chi connectivity index (χ1n) is 5.60. The van der Waals surface area contributed by atoms with Gasteiger partial charge in [0.15, 0.2) is 23.1 Å². The third kappa shape index (κ3) is 2.34. The highest BCUT2D eigenvalue weighted by atomic mass is 19.2. The molecule has 1 aliphatic heterocycles. The van der Waals surface area contributed by atoms with Crippen LogP contribution >= 0.6 is 0 Å². The van der Waals surface area contributed by atoms with E-state index in [-0.39, 0.29) is 29.5 Å². The topological polar surface area (TPSA) is 41.5 Å². The lowest BCUT2D eigenvalue weighted by Gasteiger charge is -2.14. The molecular formula is C12H15F2NO2. The molecule has 1 heterocycles. The lowest BCUT2D eigenvalue weighted by Crippen LogP contribution is -2.24. The largest absolute Gasteiger partial charge is 0.504 e. The Bertz CT molecular complexity index is 417. The van der Waals surface area contributed by atoms with Gasteiger partial charge < -0.3 is 15.2 Å². The summed E-state index contributed by atoms with van der Waals surface area (Å²) in [5.41, 5.74) is -0.0127. The van der Waals surface area contributed by atoms with Crippen molar-refractivity contribution in [2.24, 2.45) is 0 Å². The molecule has 1 aromatic rings. The van der Waals surface area contributed by atoms with E-state index in [9.17, 15) is 13.9 Å². The molecular weight excluding hydrogens is 228 g/mol. The van der Waals surface area contributed by atoms with Crippen molar-refractivity contribution in [3.8, 4) is 11.5 Å². The fourth-order valence-corrected chi connectivity index (χ4v) is 2.16. The Morgan fingerprint density at radius 2 is 2.29 bits per heavy atom. The summed E-state index contributed by atoms with van der Waals surface area (Å²) in [4.78, 5) is 0. The van der Waals surface area contributed by atoms with Gasteiger partial charge in [0, 0.05) is 17.7 Å². The van der Waals surface area contributed by atoms with E-state index in [1.807, 2.05) is 0 Å². The second-order valence-electron chi connectivity index (χ2n) is 4.20. The fourth-order valence-electron chi connectivity index (χ4n) is 2.16. The number of hydrogen-bond donors (Lipinski definition) is 2. The highest BCUT2D eigenvalue weighted by Crippen LogP contribution is 2.34. The molecule has 1 aliphatic rings. The van der Waals surface area contributed by atoms with Crippen LogP contribution < -0.4 is 10.1 Å². The van der Waals surface area contributed by atoms with Gasteiger partial charge in [-0.25, -0.2) is 8.78 Å². The molecule has 1 atom stereocenters. The molecule has 1 fully saturated rings. The van der Waals surface area contributed by atoms with Crippen LogP contribution in [0.15, 0.2) is 6.07 Å². The molecule has 0 aliphatic carbocycles. The van der Waals surface area contributed by atoms with Gasteiger partial charge in [-0.2, -0.15) is 0 Å². The van der Waals surface area contributed by atoms with Crippen molar-refractivity contribution in [3.05, 3.63) is 23.3 Å². The lowest BCUT2D eigenvalue weighted by atomic mass is 10.0. The highest BCUT2D eigenvalue weighted by molar-refractivity contribution is 5.47. The summed E-state index contributed by atoms with van der Waals surface area (Å²) in [6.45, 7) is 0.875. The Labute approximate surface area is 98.4 Å². The maximum Gasteiger partial charge on any atom is 0.166 e. The lowest BCUT2D eigenvalue weighted by molar-refractivity contribution is 0.357. The number of ether oxygens (including phenoxy) is 1. The zero-order valence-electron chi connectivity index (χ0n) is 9.59. The molecule has 1 aromatic carbocycles. The average Bonchev–Trinajstić information content (AvgIpc) is 2.82. The predicted molar refractivity (Wildman–Crippen MR) is 59.3 cm³/mol. The fraction of sp³-hybridized carbons (Fsp3) is 0.500. The van der Waals surface area contributed by atoms with Crippen LogP contribution in [0.4, 0.5) is 8.78 Å².